The number of aromatic nitrogens is 1. The third-order valence-electron chi connectivity index (χ3n) is 5.59. The lowest BCUT2D eigenvalue weighted by molar-refractivity contribution is -0.143. The van der Waals surface area contributed by atoms with Gasteiger partial charge in [0.2, 0.25) is 10.0 Å². The monoisotopic (exact) mass is 516 g/mol. The maximum absolute atomic E-state index is 12.6. The Labute approximate surface area is 211 Å². The van der Waals surface area contributed by atoms with E-state index < -0.39 is 15.6 Å². The fraction of sp³-hybridized carbons (Fsp3) is 0.308. The van der Waals surface area contributed by atoms with Crippen molar-refractivity contribution in [1.29, 1.82) is 0 Å². The second-order valence-corrected chi connectivity index (χ2v) is 10.5. The molecule has 0 aliphatic carbocycles. The number of hydrogen-bond acceptors (Lipinski definition) is 6. The van der Waals surface area contributed by atoms with Gasteiger partial charge in [-0.05, 0) is 73.7 Å². The number of hydrogen-bond donors (Lipinski definition) is 2. The molecule has 7 nitrogen and oxygen atoms in total. The number of carbonyl (C=O) groups excluding carboxylic acids is 1. The highest BCUT2D eigenvalue weighted by Crippen LogP contribution is 2.30. The number of carbonyl (C=O) groups is 1. The van der Waals surface area contributed by atoms with E-state index in [0.717, 1.165) is 11.1 Å². The number of esters is 1. The van der Waals surface area contributed by atoms with Gasteiger partial charge in [-0.15, -0.1) is 0 Å². The van der Waals surface area contributed by atoms with E-state index in [4.69, 9.17) is 16.3 Å². The Morgan fingerprint density at radius 3 is 2.40 bits per heavy atom. The summed E-state index contributed by atoms with van der Waals surface area (Å²) in [5, 5.41) is 11.8. The van der Waals surface area contributed by atoms with E-state index in [1.807, 2.05) is 18.2 Å². The maximum Gasteiger partial charge on any atom is 0.306 e. The van der Waals surface area contributed by atoms with Crippen LogP contribution in [0.25, 0.3) is 0 Å². The van der Waals surface area contributed by atoms with Crippen LogP contribution in [0.5, 0.6) is 0 Å². The van der Waals surface area contributed by atoms with Gasteiger partial charge in [-0.2, -0.15) is 0 Å². The van der Waals surface area contributed by atoms with Gasteiger partial charge in [0.1, 0.15) is 5.60 Å². The molecule has 0 saturated carbocycles. The summed E-state index contributed by atoms with van der Waals surface area (Å²) in [4.78, 5) is 16.1. The molecule has 0 bridgehead atoms. The quantitative estimate of drug-likeness (QED) is 0.373. The van der Waals surface area contributed by atoms with Crippen molar-refractivity contribution in [3.05, 3.63) is 94.3 Å². The molecule has 2 N–H and O–H groups in total. The Hall–Kier alpha value is -2.78. The minimum Gasteiger partial charge on any atom is -0.466 e. The van der Waals surface area contributed by atoms with Crippen molar-refractivity contribution in [2.75, 3.05) is 13.2 Å². The Balaban J connectivity index is 1.82. The molecule has 35 heavy (non-hydrogen) atoms. The average molecular weight is 517 g/mol. The van der Waals surface area contributed by atoms with Crippen molar-refractivity contribution in [1.82, 2.24) is 9.71 Å². The van der Waals surface area contributed by atoms with Gasteiger partial charge in [0.15, 0.2) is 0 Å². The zero-order valence-corrected chi connectivity index (χ0v) is 21.3. The summed E-state index contributed by atoms with van der Waals surface area (Å²) in [7, 11) is -3.69. The number of nitrogens with zero attached hydrogens (tertiary/aromatic N) is 1. The van der Waals surface area contributed by atoms with Crippen molar-refractivity contribution in [3.8, 4) is 0 Å². The molecule has 0 aliphatic heterocycles. The molecular weight excluding hydrogens is 488 g/mol. The number of benzene rings is 2. The largest absolute Gasteiger partial charge is 0.466 e. The number of ether oxygens (including phenoxy) is 1. The van der Waals surface area contributed by atoms with Crippen LogP contribution < -0.4 is 4.72 Å². The van der Waals surface area contributed by atoms with E-state index in [0.29, 0.717) is 35.6 Å². The molecule has 1 heterocycles. The molecule has 0 saturated heterocycles. The van der Waals surface area contributed by atoms with Gasteiger partial charge in [-0.1, -0.05) is 35.9 Å². The van der Waals surface area contributed by atoms with E-state index in [9.17, 15) is 18.3 Å². The number of nitrogens with one attached hydrogen (secondary N) is 1. The number of halogens is 1. The van der Waals surface area contributed by atoms with Crippen molar-refractivity contribution in [2.45, 2.75) is 43.6 Å². The Morgan fingerprint density at radius 1 is 1.09 bits per heavy atom. The highest BCUT2D eigenvalue weighted by atomic mass is 35.5. The number of aliphatic hydroxyl groups is 1. The second-order valence-electron chi connectivity index (χ2n) is 8.26. The molecule has 3 rings (SSSR count). The summed E-state index contributed by atoms with van der Waals surface area (Å²) in [6.45, 7) is 3.91. The van der Waals surface area contributed by atoms with Crippen molar-refractivity contribution in [3.63, 3.8) is 0 Å². The van der Waals surface area contributed by atoms with Gasteiger partial charge in [-0.3, -0.25) is 9.78 Å². The molecule has 0 fully saturated rings. The lowest BCUT2D eigenvalue weighted by Gasteiger charge is -2.25. The minimum absolute atomic E-state index is 0.130. The van der Waals surface area contributed by atoms with Gasteiger partial charge in [-0.25, -0.2) is 13.1 Å². The first-order chi connectivity index (χ1) is 16.6. The number of rotatable bonds is 11. The number of sulfonamides is 1. The van der Waals surface area contributed by atoms with Crippen LogP contribution in [-0.4, -0.2) is 37.6 Å². The Kier molecular flexibility index (Phi) is 9.02. The van der Waals surface area contributed by atoms with E-state index in [1.54, 1.807) is 38.4 Å². The minimum atomic E-state index is -3.69. The molecule has 0 aliphatic rings. The first-order valence-electron chi connectivity index (χ1n) is 11.3. The molecule has 3 aromatic rings. The topological polar surface area (TPSA) is 106 Å². The zero-order valence-electron chi connectivity index (χ0n) is 19.7. The van der Waals surface area contributed by atoms with Crippen molar-refractivity contribution in [2.24, 2.45) is 0 Å². The van der Waals surface area contributed by atoms with E-state index in [-0.39, 0.29) is 23.8 Å². The predicted molar refractivity (Wildman–Crippen MR) is 135 cm³/mol. The molecule has 1 aromatic heterocycles. The lowest BCUT2D eigenvalue weighted by Crippen LogP contribution is -2.26. The standard InChI is InChI=1S/C26H29ClN2O5S/c1-3-34-25(30)11-6-19-15-20(12-14-29-35(32,33)24-9-7-23(27)8-10-24)17-22(16-19)26(2,31)21-5-4-13-28-18-21/h4-5,7-10,13,15-18,29,31H,3,6,11-12,14H2,1-2H3. The number of pyridine rings is 1. The Morgan fingerprint density at radius 2 is 1.77 bits per heavy atom. The highest BCUT2D eigenvalue weighted by molar-refractivity contribution is 7.89. The highest BCUT2D eigenvalue weighted by Gasteiger charge is 2.27. The molecule has 0 radical (unpaired) electrons. The Bertz CT molecular complexity index is 1250. The third-order valence-corrected chi connectivity index (χ3v) is 7.32. The summed E-state index contributed by atoms with van der Waals surface area (Å²) < 4.78 is 32.8. The van der Waals surface area contributed by atoms with Crippen molar-refractivity contribution < 1.29 is 23.1 Å². The summed E-state index contributed by atoms with van der Waals surface area (Å²) >= 11 is 5.85. The van der Waals surface area contributed by atoms with Crippen LogP contribution >= 0.6 is 11.6 Å². The molecule has 1 unspecified atom stereocenters. The molecule has 0 amide bonds. The summed E-state index contributed by atoms with van der Waals surface area (Å²) in [5.41, 5.74) is 1.59. The fourth-order valence-electron chi connectivity index (χ4n) is 3.66. The molecule has 0 spiro atoms. The van der Waals surface area contributed by atoms with Crippen molar-refractivity contribution >= 4 is 27.6 Å². The van der Waals surface area contributed by atoms with E-state index in [2.05, 4.69) is 9.71 Å². The lowest BCUT2D eigenvalue weighted by atomic mass is 9.86. The van der Waals surface area contributed by atoms with E-state index in [1.165, 1.54) is 24.3 Å². The average Bonchev–Trinajstić information content (AvgIpc) is 2.83. The molecular formula is C26H29ClN2O5S. The van der Waals surface area contributed by atoms with Gasteiger partial charge < -0.3 is 9.84 Å². The molecule has 186 valence electrons. The van der Waals surface area contributed by atoms with Crippen LogP contribution in [0.2, 0.25) is 5.02 Å². The molecule has 2 aromatic carbocycles. The van der Waals surface area contributed by atoms with E-state index >= 15 is 0 Å². The van der Waals surface area contributed by atoms with Crippen LogP contribution in [0.1, 0.15) is 42.5 Å². The maximum atomic E-state index is 12.6. The van der Waals surface area contributed by atoms with Crippen LogP contribution in [0.4, 0.5) is 0 Å². The third kappa shape index (κ3) is 7.35. The van der Waals surface area contributed by atoms with Gasteiger partial charge in [0, 0.05) is 35.9 Å². The van der Waals surface area contributed by atoms with Gasteiger partial charge in [0.05, 0.1) is 11.5 Å². The first-order valence-corrected chi connectivity index (χ1v) is 13.1. The zero-order chi connectivity index (χ0) is 25.5. The number of aryl methyl sites for hydroxylation is 1. The summed E-state index contributed by atoms with van der Waals surface area (Å²) in [5.74, 6) is -0.297. The van der Waals surface area contributed by atoms with Gasteiger partial charge in [0.25, 0.3) is 0 Å². The van der Waals surface area contributed by atoms with Crippen LogP contribution in [0.15, 0.2) is 71.9 Å². The summed E-state index contributed by atoms with van der Waals surface area (Å²) in [6, 6.07) is 15.1. The smallest absolute Gasteiger partial charge is 0.306 e. The second kappa shape index (κ2) is 11.8. The van der Waals surface area contributed by atoms with Crippen LogP contribution in [-0.2, 0) is 38.0 Å². The van der Waals surface area contributed by atoms with Crippen LogP contribution in [0, 0.1) is 0 Å². The normalized spacial score (nSPS) is 13.3. The van der Waals surface area contributed by atoms with Crippen LogP contribution in [0.3, 0.4) is 0 Å². The molecule has 1 atom stereocenters. The first kappa shape index (κ1) is 26.8. The predicted octanol–water partition coefficient (Wildman–Crippen LogP) is 4.01. The van der Waals surface area contributed by atoms with Gasteiger partial charge >= 0.3 is 5.97 Å². The fourth-order valence-corrected chi connectivity index (χ4v) is 4.81. The SMILES string of the molecule is CCOC(=O)CCc1cc(CCNS(=O)(=O)c2ccc(Cl)cc2)cc(C(C)(O)c2cccnc2)c1. The summed E-state index contributed by atoms with van der Waals surface area (Å²) in [6.07, 6.45) is 4.25. The molecule has 9 heteroatoms.